The van der Waals surface area contributed by atoms with Crippen LogP contribution in [0.5, 0.6) is 0 Å². The minimum atomic E-state index is 0.381. The first-order valence-electron chi connectivity index (χ1n) is 7.79. The van der Waals surface area contributed by atoms with E-state index in [1.807, 2.05) is 0 Å². The van der Waals surface area contributed by atoms with Crippen molar-refractivity contribution in [3.05, 3.63) is 22.8 Å². The molecule has 0 radical (unpaired) electrons. The molecule has 2 aliphatic carbocycles. The van der Waals surface area contributed by atoms with Crippen LogP contribution in [0.25, 0.3) is 0 Å². The molecule has 0 heterocycles. The van der Waals surface area contributed by atoms with Gasteiger partial charge in [-0.2, -0.15) is 0 Å². The van der Waals surface area contributed by atoms with Gasteiger partial charge in [0.15, 0.2) is 0 Å². The van der Waals surface area contributed by atoms with Crippen molar-refractivity contribution in [2.24, 2.45) is 17.3 Å². The highest BCUT2D eigenvalue weighted by Gasteiger charge is 2.37. The summed E-state index contributed by atoms with van der Waals surface area (Å²) >= 11 is 0. The van der Waals surface area contributed by atoms with Gasteiger partial charge in [-0.3, -0.25) is 0 Å². The molecule has 1 heteroatoms. The lowest BCUT2D eigenvalue weighted by molar-refractivity contribution is -0.107. The Morgan fingerprint density at radius 1 is 1.37 bits per heavy atom. The highest BCUT2D eigenvalue weighted by molar-refractivity contribution is 5.54. The van der Waals surface area contributed by atoms with Gasteiger partial charge in [-0.15, -0.1) is 0 Å². The summed E-state index contributed by atoms with van der Waals surface area (Å²) in [6.07, 6.45) is 10.3. The molecular formula is C18H28O. The number of hydrogen-bond donors (Lipinski definition) is 0. The van der Waals surface area contributed by atoms with E-state index in [1.165, 1.54) is 37.7 Å². The molecule has 0 bridgehead atoms. The van der Waals surface area contributed by atoms with Crippen LogP contribution in [-0.4, -0.2) is 6.29 Å². The largest absolute Gasteiger partial charge is 0.303 e. The predicted molar refractivity (Wildman–Crippen MR) is 81.0 cm³/mol. The third-order valence-electron chi connectivity index (χ3n) is 5.37. The number of carbonyl (C=O) groups is 1. The minimum Gasteiger partial charge on any atom is -0.303 e. The molecule has 0 aromatic carbocycles. The lowest BCUT2D eigenvalue weighted by Crippen LogP contribution is -2.30. The van der Waals surface area contributed by atoms with Gasteiger partial charge in [0.2, 0.25) is 0 Å². The quantitative estimate of drug-likeness (QED) is 0.511. The van der Waals surface area contributed by atoms with Crippen molar-refractivity contribution in [3.63, 3.8) is 0 Å². The molecular weight excluding hydrogens is 232 g/mol. The van der Waals surface area contributed by atoms with Gasteiger partial charge in [-0.1, -0.05) is 43.6 Å². The van der Waals surface area contributed by atoms with Crippen molar-refractivity contribution in [2.45, 2.75) is 66.2 Å². The van der Waals surface area contributed by atoms with Crippen molar-refractivity contribution in [3.8, 4) is 0 Å². The Morgan fingerprint density at radius 3 is 2.74 bits per heavy atom. The van der Waals surface area contributed by atoms with Crippen molar-refractivity contribution >= 4 is 6.29 Å². The van der Waals surface area contributed by atoms with Gasteiger partial charge in [0, 0.05) is 6.42 Å². The van der Waals surface area contributed by atoms with E-state index in [1.54, 1.807) is 11.1 Å². The molecule has 0 aromatic rings. The van der Waals surface area contributed by atoms with Crippen LogP contribution >= 0.6 is 0 Å². The van der Waals surface area contributed by atoms with Gasteiger partial charge in [0.1, 0.15) is 6.29 Å². The van der Waals surface area contributed by atoms with E-state index in [4.69, 9.17) is 0 Å². The fraction of sp³-hybridized carbons (Fsp3) is 0.722. The second-order valence-corrected chi connectivity index (χ2v) is 7.05. The normalized spacial score (nSPS) is 31.1. The van der Waals surface area contributed by atoms with Crippen LogP contribution in [0.15, 0.2) is 22.8 Å². The van der Waals surface area contributed by atoms with E-state index in [9.17, 15) is 4.79 Å². The fourth-order valence-corrected chi connectivity index (χ4v) is 4.20. The molecule has 106 valence electrons. The maximum absolute atomic E-state index is 10.9. The van der Waals surface area contributed by atoms with Crippen LogP contribution in [0.4, 0.5) is 0 Å². The van der Waals surface area contributed by atoms with E-state index in [2.05, 4.69) is 33.8 Å². The van der Waals surface area contributed by atoms with Gasteiger partial charge in [-0.05, 0) is 56.3 Å². The van der Waals surface area contributed by atoms with E-state index in [0.29, 0.717) is 23.7 Å². The standard InChI is InChI=1S/C18H28O/c1-5-14(8-10-19)16-12-17-15(11-13(16)2)7-6-9-18(17,3)4/h5,10,13,16H,6-9,11-12H2,1-4H3. The summed E-state index contributed by atoms with van der Waals surface area (Å²) in [6, 6.07) is 0. The molecule has 0 aliphatic heterocycles. The van der Waals surface area contributed by atoms with Crippen molar-refractivity contribution in [1.82, 2.24) is 0 Å². The Labute approximate surface area is 118 Å². The Balaban J connectivity index is 2.28. The first-order chi connectivity index (χ1) is 8.99. The van der Waals surface area contributed by atoms with Gasteiger partial charge in [0.25, 0.3) is 0 Å². The first-order valence-corrected chi connectivity index (χ1v) is 7.79. The summed E-state index contributed by atoms with van der Waals surface area (Å²) in [7, 11) is 0. The molecule has 0 N–H and O–H groups in total. The van der Waals surface area contributed by atoms with Crippen LogP contribution in [0.3, 0.4) is 0 Å². The summed E-state index contributed by atoms with van der Waals surface area (Å²) in [5, 5.41) is 0. The second kappa shape index (κ2) is 5.64. The fourth-order valence-electron chi connectivity index (χ4n) is 4.20. The Kier molecular flexibility index (Phi) is 4.32. The third kappa shape index (κ3) is 2.85. The Morgan fingerprint density at radius 2 is 2.11 bits per heavy atom. The van der Waals surface area contributed by atoms with Gasteiger partial charge in [0.05, 0.1) is 0 Å². The zero-order valence-corrected chi connectivity index (χ0v) is 13.0. The lowest BCUT2D eigenvalue weighted by Gasteiger charge is -2.43. The minimum absolute atomic E-state index is 0.381. The summed E-state index contributed by atoms with van der Waals surface area (Å²) in [6.45, 7) is 9.26. The topological polar surface area (TPSA) is 17.1 Å². The maximum Gasteiger partial charge on any atom is 0.124 e. The van der Waals surface area contributed by atoms with Crippen LogP contribution in [0, 0.1) is 17.3 Å². The molecule has 0 saturated carbocycles. The summed E-state index contributed by atoms with van der Waals surface area (Å²) in [4.78, 5) is 10.9. The van der Waals surface area contributed by atoms with E-state index >= 15 is 0 Å². The van der Waals surface area contributed by atoms with Gasteiger partial charge in [-0.25, -0.2) is 0 Å². The lowest BCUT2D eigenvalue weighted by atomic mass is 9.62. The predicted octanol–water partition coefficient (Wildman–Crippen LogP) is 5.07. The SMILES string of the molecule is CC=C(CC=O)C1CC2=C(CCCC2(C)C)CC1C. The Hall–Kier alpha value is -0.850. The molecule has 2 rings (SSSR count). The summed E-state index contributed by atoms with van der Waals surface area (Å²) < 4.78 is 0. The zero-order valence-electron chi connectivity index (χ0n) is 13.0. The highest BCUT2D eigenvalue weighted by Crippen LogP contribution is 2.50. The summed E-state index contributed by atoms with van der Waals surface area (Å²) in [5.41, 5.74) is 5.19. The maximum atomic E-state index is 10.9. The average molecular weight is 260 g/mol. The smallest absolute Gasteiger partial charge is 0.124 e. The third-order valence-corrected chi connectivity index (χ3v) is 5.37. The average Bonchev–Trinajstić information content (AvgIpc) is 2.35. The molecule has 0 aromatic heterocycles. The second-order valence-electron chi connectivity index (χ2n) is 7.05. The molecule has 2 atom stereocenters. The number of aldehydes is 1. The van der Waals surface area contributed by atoms with Crippen LogP contribution in [0.2, 0.25) is 0 Å². The molecule has 0 fully saturated rings. The van der Waals surface area contributed by atoms with Gasteiger partial charge >= 0.3 is 0 Å². The zero-order chi connectivity index (χ0) is 14.0. The van der Waals surface area contributed by atoms with E-state index in [0.717, 1.165) is 6.29 Å². The van der Waals surface area contributed by atoms with Crippen molar-refractivity contribution in [2.75, 3.05) is 0 Å². The number of allylic oxidation sites excluding steroid dienone is 4. The number of carbonyl (C=O) groups excluding carboxylic acids is 1. The highest BCUT2D eigenvalue weighted by atomic mass is 16.1. The Bertz CT molecular complexity index is 411. The van der Waals surface area contributed by atoms with Crippen LogP contribution in [0.1, 0.15) is 66.2 Å². The molecule has 0 saturated heterocycles. The molecule has 0 amide bonds. The molecule has 19 heavy (non-hydrogen) atoms. The summed E-state index contributed by atoms with van der Waals surface area (Å²) in [5.74, 6) is 1.28. The molecule has 2 unspecified atom stereocenters. The molecule has 2 aliphatic rings. The van der Waals surface area contributed by atoms with E-state index in [-0.39, 0.29) is 0 Å². The molecule has 0 spiro atoms. The number of hydrogen-bond acceptors (Lipinski definition) is 1. The van der Waals surface area contributed by atoms with Crippen molar-refractivity contribution < 1.29 is 4.79 Å². The van der Waals surface area contributed by atoms with E-state index < -0.39 is 0 Å². The first kappa shape index (κ1) is 14.6. The van der Waals surface area contributed by atoms with Crippen LogP contribution in [-0.2, 0) is 4.79 Å². The van der Waals surface area contributed by atoms with Gasteiger partial charge < -0.3 is 4.79 Å². The van der Waals surface area contributed by atoms with Crippen molar-refractivity contribution in [1.29, 1.82) is 0 Å². The van der Waals surface area contributed by atoms with Crippen LogP contribution < -0.4 is 0 Å². The number of rotatable bonds is 3. The monoisotopic (exact) mass is 260 g/mol. The molecule has 1 nitrogen and oxygen atoms in total.